The lowest BCUT2D eigenvalue weighted by molar-refractivity contribution is -0.125. The molecule has 0 aromatic carbocycles. The minimum atomic E-state index is -0.637. The molecule has 2 heterocycles. The summed E-state index contributed by atoms with van der Waals surface area (Å²) in [6.07, 6.45) is 5.61. The van der Waals surface area contributed by atoms with E-state index < -0.39 is 29.2 Å². The molecular weight excluding hydrogens is 392 g/mol. The molecule has 1 saturated carbocycles. The van der Waals surface area contributed by atoms with Crippen molar-refractivity contribution in [1.29, 1.82) is 0 Å². The molecule has 4 N–H and O–H groups in total. The zero-order valence-electron chi connectivity index (χ0n) is 16.9. The standard InChI is InChI=1S/C19H24N6O5/c1-10(2)9-24-17-12(4-7-14(27)23-22-11(3)26)8-20-25(17)19(30)15(18(24)29)16(28)21-13-5-6-13/h4,7-8,10,13,30H,5-6,9H2,1-3H3,(H,21,28)(H,22,26)(H,23,27). The molecule has 0 radical (unpaired) electrons. The zero-order valence-corrected chi connectivity index (χ0v) is 16.9. The molecular formula is C19H24N6O5. The lowest BCUT2D eigenvalue weighted by Crippen LogP contribution is -2.39. The Bertz CT molecular complexity index is 1090. The molecule has 1 fully saturated rings. The van der Waals surface area contributed by atoms with Crippen molar-refractivity contribution in [3.63, 3.8) is 0 Å². The van der Waals surface area contributed by atoms with Crippen LogP contribution in [0.2, 0.25) is 0 Å². The Morgan fingerprint density at radius 3 is 2.60 bits per heavy atom. The van der Waals surface area contributed by atoms with Crippen LogP contribution in [0.1, 0.15) is 49.5 Å². The van der Waals surface area contributed by atoms with Crippen LogP contribution in [0.4, 0.5) is 0 Å². The highest BCUT2D eigenvalue weighted by Crippen LogP contribution is 2.23. The van der Waals surface area contributed by atoms with Crippen molar-refractivity contribution >= 4 is 29.4 Å². The van der Waals surface area contributed by atoms with Crippen molar-refractivity contribution in [2.24, 2.45) is 5.92 Å². The third kappa shape index (κ3) is 4.50. The fourth-order valence-corrected chi connectivity index (χ4v) is 2.91. The molecule has 0 atom stereocenters. The van der Waals surface area contributed by atoms with Gasteiger partial charge >= 0.3 is 0 Å². The molecule has 1 aliphatic carbocycles. The maximum Gasteiger partial charge on any atom is 0.270 e. The van der Waals surface area contributed by atoms with Gasteiger partial charge in [-0.1, -0.05) is 13.8 Å². The number of amides is 3. The Morgan fingerprint density at radius 1 is 1.30 bits per heavy atom. The second kappa shape index (κ2) is 8.39. The summed E-state index contributed by atoms with van der Waals surface area (Å²) >= 11 is 0. The third-order valence-electron chi connectivity index (χ3n) is 4.37. The van der Waals surface area contributed by atoms with Gasteiger partial charge < -0.3 is 10.4 Å². The predicted molar refractivity (Wildman–Crippen MR) is 107 cm³/mol. The van der Waals surface area contributed by atoms with Gasteiger partial charge in [0.25, 0.3) is 17.4 Å². The van der Waals surface area contributed by atoms with E-state index >= 15 is 0 Å². The first-order chi connectivity index (χ1) is 14.2. The lowest BCUT2D eigenvalue weighted by atomic mass is 10.2. The van der Waals surface area contributed by atoms with E-state index in [-0.39, 0.29) is 29.7 Å². The number of carbonyl (C=O) groups is 3. The quantitative estimate of drug-likeness (QED) is 0.383. The number of carbonyl (C=O) groups excluding carboxylic acids is 3. The summed E-state index contributed by atoms with van der Waals surface area (Å²) in [4.78, 5) is 48.3. The molecule has 1 aliphatic rings. The highest BCUT2D eigenvalue weighted by atomic mass is 16.3. The van der Waals surface area contributed by atoms with E-state index in [0.717, 1.165) is 23.4 Å². The molecule has 0 bridgehead atoms. The minimum absolute atomic E-state index is 0.0174. The van der Waals surface area contributed by atoms with E-state index in [9.17, 15) is 24.3 Å². The summed E-state index contributed by atoms with van der Waals surface area (Å²) in [6, 6.07) is 0.0174. The Hall–Kier alpha value is -3.63. The van der Waals surface area contributed by atoms with Crippen LogP contribution < -0.4 is 21.7 Å². The van der Waals surface area contributed by atoms with Gasteiger partial charge in [0.15, 0.2) is 5.56 Å². The molecule has 3 amide bonds. The third-order valence-corrected chi connectivity index (χ3v) is 4.37. The average molecular weight is 416 g/mol. The summed E-state index contributed by atoms with van der Waals surface area (Å²) in [6.45, 7) is 5.34. The molecule has 0 unspecified atom stereocenters. The Labute approximate surface area is 171 Å². The fourth-order valence-electron chi connectivity index (χ4n) is 2.91. The number of nitrogens with zero attached hydrogens (tertiary/aromatic N) is 3. The van der Waals surface area contributed by atoms with Gasteiger partial charge in [0.05, 0.1) is 6.20 Å². The van der Waals surface area contributed by atoms with Crippen LogP contribution in [0.5, 0.6) is 5.88 Å². The van der Waals surface area contributed by atoms with Gasteiger partial charge in [-0.2, -0.15) is 9.61 Å². The summed E-state index contributed by atoms with van der Waals surface area (Å²) in [7, 11) is 0. The predicted octanol–water partition coefficient (Wildman–Crippen LogP) is -0.0697. The number of nitrogens with one attached hydrogen (secondary N) is 3. The maximum absolute atomic E-state index is 13.1. The molecule has 0 saturated heterocycles. The van der Waals surface area contributed by atoms with Gasteiger partial charge in [-0.15, -0.1) is 0 Å². The van der Waals surface area contributed by atoms with Crippen LogP contribution in [0.25, 0.3) is 11.7 Å². The summed E-state index contributed by atoms with van der Waals surface area (Å²) in [5.74, 6) is -2.16. The highest BCUT2D eigenvalue weighted by Gasteiger charge is 2.29. The van der Waals surface area contributed by atoms with E-state index in [1.165, 1.54) is 23.8 Å². The molecule has 11 heteroatoms. The van der Waals surface area contributed by atoms with E-state index in [4.69, 9.17) is 0 Å². The monoisotopic (exact) mass is 416 g/mol. The van der Waals surface area contributed by atoms with Crippen molar-refractivity contribution in [2.75, 3.05) is 0 Å². The largest absolute Gasteiger partial charge is 0.492 e. The average Bonchev–Trinajstić information content (AvgIpc) is 3.37. The van der Waals surface area contributed by atoms with Crippen molar-refractivity contribution in [1.82, 2.24) is 30.3 Å². The molecule has 0 spiro atoms. The van der Waals surface area contributed by atoms with Crippen LogP contribution in [0, 0.1) is 5.92 Å². The van der Waals surface area contributed by atoms with Gasteiger partial charge in [0.1, 0.15) is 5.65 Å². The molecule has 11 nitrogen and oxygen atoms in total. The van der Waals surface area contributed by atoms with E-state index in [1.54, 1.807) is 0 Å². The number of hydrogen-bond donors (Lipinski definition) is 4. The summed E-state index contributed by atoms with van der Waals surface area (Å²) in [5, 5.41) is 17.4. The minimum Gasteiger partial charge on any atom is -0.492 e. The molecule has 160 valence electrons. The van der Waals surface area contributed by atoms with Gasteiger partial charge in [0, 0.05) is 31.1 Å². The van der Waals surface area contributed by atoms with Crippen LogP contribution in [-0.4, -0.2) is 43.1 Å². The summed E-state index contributed by atoms with van der Waals surface area (Å²) < 4.78 is 2.47. The fraction of sp³-hybridized carbons (Fsp3) is 0.421. The van der Waals surface area contributed by atoms with E-state index in [2.05, 4.69) is 21.3 Å². The first-order valence-corrected chi connectivity index (χ1v) is 9.58. The smallest absolute Gasteiger partial charge is 0.270 e. The van der Waals surface area contributed by atoms with Gasteiger partial charge in [-0.25, -0.2) is 0 Å². The number of hydrazine groups is 1. The first kappa shape index (κ1) is 21.1. The van der Waals surface area contributed by atoms with Gasteiger partial charge in [0.2, 0.25) is 11.8 Å². The van der Waals surface area contributed by atoms with Crippen molar-refractivity contribution in [3.05, 3.63) is 33.8 Å². The second-order valence-corrected chi connectivity index (χ2v) is 7.60. The Morgan fingerprint density at radius 2 is 2.00 bits per heavy atom. The maximum atomic E-state index is 13.1. The molecule has 30 heavy (non-hydrogen) atoms. The Kier molecular flexibility index (Phi) is 5.90. The lowest BCUT2D eigenvalue weighted by Gasteiger charge is -2.15. The van der Waals surface area contributed by atoms with Crippen molar-refractivity contribution < 1.29 is 19.5 Å². The van der Waals surface area contributed by atoms with Gasteiger partial charge in [-0.05, 0) is 24.8 Å². The number of fused-ring (bicyclic) bond motifs is 1. The van der Waals surface area contributed by atoms with Crippen LogP contribution in [0.15, 0.2) is 17.1 Å². The number of hydrogen-bond acceptors (Lipinski definition) is 6. The topological polar surface area (TPSA) is 147 Å². The van der Waals surface area contributed by atoms with Gasteiger partial charge in [-0.3, -0.25) is 34.6 Å². The number of rotatable bonds is 6. The molecule has 3 rings (SSSR count). The Balaban J connectivity index is 2.06. The highest BCUT2D eigenvalue weighted by molar-refractivity contribution is 5.97. The van der Waals surface area contributed by atoms with E-state index in [0.29, 0.717) is 5.56 Å². The molecule has 2 aromatic rings. The first-order valence-electron chi connectivity index (χ1n) is 9.58. The normalized spacial score (nSPS) is 13.7. The molecule has 2 aromatic heterocycles. The second-order valence-electron chi connectivity index (χ2n) is 7.60. The van der Waals surface area contributed by atoms with E-state index in [1.807, 2.05) is 13.8 Å². The van der Waals surface area contributed by atoms with Crippen LogP contribution >= 0.6 is 0 Å². The number of aromatic nitrogens is 3. The van der Waals surface area contributed by atoms with Crippen LogP contribution in [-0.2, 0) is 16.1 Å². The van der Waals surface area contributed by atoms with Crippen LogP contribution in [0.3, 0.4) is 0 Å². The van der Waals surface area contributed by atoms with Crippen molar-refractivity contribution in [2.45, 2.75) is 46.2 Å². The van der Waals surface area contributed by atoms with Crippen molar-refractivity contribution in [3.8, 4) is 5.88 Å². The SMILES string of the molecule is CC(=O)NNC(=O)C=Cc1cnn2c(O)c(C(=O)NC3CC3)c(=O)n(CC(C)C)c12. The number of aromatic hydroxyl groups is 1. The zero-order chi connectivity index (χ0) is 22.0. The molecule has 0 aliphatic heterocycles. The summed E-state index contributed by atoms with van der Waals surface area (Å²) in [5.41, 5.74) is 3.98.